The van der Waals surface area contributed by atoms with Gasteiger partial charge in [-0.15, -0.1) is 0 Å². The van der Waals surface area contributed by atoms with Crippen molar-refractivity contribution in [3.8, 4) is 5.75 Å². The molecule has 128 valence electrons. The van der Waals surface area contributed by atoms with Gasteiger partial charge in [0.1, 0.15) is 5.75 Å². The highest BCUT2D eigenvalue weighted by atomic mass is 16.5. The summed E-state index contributed by atoms with van der Waals surface area (Å²) in [5.74, 6) is 1.42. The first-order valence-electron chi connectivity index (χ1n) is 8.55. The molecule has 0 spiro atoms. The molecule has 0 aliphatic rings. The molecule has 3 nitrogen and oxygen atoms in total. The van der Waals surface area contributed by atoms with E-state index in [9.17, 15) is 4.79 Å². The van der Waals surface area contributed by atoms with Crippen molar-refractivity contribution in [3.63, 3.8) is 0 Å². The van der Waals surface area contributed by atoms with Crippen LogP contribution in [0.25, 0.3) is 0 Å². The van der Waals surface area contributed by atoms with E-state index in [1.54, 1.807) is 0 Å². The number of aryl methyl sites for hydroxylation is 2. The second-order valence-electron chi connectivity index (χ2n) is 6.55. The first kappa shape index (κ1) is 18.1. The molecule has 0 fully saturated rings. The highest BCUT2D eigenvalue weighted by Gasteiger charge is 2.05. The molecule has 1 amide bonds. The Balaban J connectivity index is 1.74. The lowest BCUT2D eigenvalue weighted by Crippen LogP contribution is -2.13. The molecule has 0 aliphatic heterocycles. The van der Waals surface area contributed by atoms with Gasteiger partial charge in [-0.3, -0.25) is 4.79 Å². The molecular formula is C21H27NO2. The molecule has 2 rings (SSSR count). The third-order valence-corrected chi connectivity index (χ3v) is 4.01. The van der Waals surface area contributed by atoms with E-state index in [-0.39, 0.29) is 5.91 Å². The molecule has 2 aromatic rings. The zero-order chi connectivity index (χ0) is 17.5. The highest BCUT2D eigenvalue weighted by molar-refractivity contribution is 5.90. The van der Waals surface area contributed by atoms with Crippen LogP contribution in [0, 0.1) is 13.8 Å². The van der Waals surface area contributed by atoms with Crippen molar-refractivity contribution in [2.24, 2.45) is 0 Å². The Morgan fingerprint density at radius 1 is 1.08 bits per heavy atom. The number of rotatable bonds is 7. The molecule has 0 bridgehead atoms. The minimum atomic E-state index is 0.0249. The SMILES string of the molecule is Cc1ccc(C)c(OCCCC(=O)Nc2ccc(C(C)C)cc2)c1. The zero-order valence-electron chi connectivity index (χ0n) is 15.1. The van der Waals surface area contributed by atoms with E-state index >= 15 is 0 Å². The molecular weight excluding hydrogens is 298 g/mol. The Morgan fingerprint density at radius 2 is 1.79 bits per heavy atom. The van der Waals surface area contributed by atoms with E-state index in [0.29, 0.717) is 25.4 Å². The van der Waals surface area contributed by atoms with E-state index in [1.807, 2.05) is 32.0 Å². The van der Waals surface area contributed by atoms with Gasteiger partial charge in [0.2, 0.25) is 5.91 Å². The lowest BCUT2D eigenvalue weighted by atomic mass is 10.0. The van der Waals surface area contributed by atoms with Gasteiger partial charge in [0.15, 0.2) is 0 Å². The maximum absolute atomic E-state index is 12.0. The largest absolute Gasteiger partial charge is 0.493 e. The van der Waals surface area contributed by atoms with Crippen LogP contribution in [0.15, 0.2) is 42.5 Å². The van der Waals surface area contributed by atoms with E-state index in [4.69, 9.17) is 4.74 Å². The van der Waals surface area contributed by atoms with Gasteiger partial charge in [-0.1, -0.05) is 38.1 Å². The van der Waals surface area contributed by atoms with Crippen molar-refractivity contribution in [3.05, 3.63) is 59.2 Å². The summed E-state index contributed by atoms with van der Waals surface area (Å²) in [5, 5.41) is 2.93. The molecule has 0 saturated heterocycles. The minimum absolute atomic E-state index is 0.0249. The number of benzene rings is 2. The first-order chi connectivity index (χ1) is 11.5. The molecule has 0 saturated carbocycles. The standard InChI is InChI=1S/C21H27NO2/c1-15(2)18-9-11-19(12-10-18)22-21(23)6-5-13-24-20-14-16(3)7-8-17(20)4/h7-12,14-15H,5-6,13H2,1-4H3,(H,22,23). The van der Waals surface area contributed by atoms with Gasteiger partial charge in [-0.2, -0.15) is 0 Å². The number of nitrogens with one attached hydrogen (secondary N) is 1. The maximum atomic E-state index is 12.0. The number of anilines is 1. The zero-order valence-corrected chi connectivity index (χ0v) is 15.1. The monoisotopic (exact) mass is 325 g/mol. The molecule has 2 aromatic carbocycles. The first-order valence-corrected chi connectivity index (χ1v) is 8.55. The molecule has 0 radical (unpaired) electrons. The normalized spacial score (nSPS) is 10.7. The molecule has 1 N–H and O–H groups in total. The Hall–Kier alpha value is -2.29. The highest BCUT2D eigenvalue weighted by Crippen LogP contribution is 2.20. The summed E-state index contributed by atoms with van der Waals surface area (Å²) in [6, 6.07) is 14.2. The molecule has 0 unspecified atom stereocenters. The van der Waals surface area contributed by atoms with E-state index in [1.165, 1.54) is 11.1 Å². The van der Waals surface area contributed by atoms with E-state index in [2.05, 4.69) is 43.4 Å². The average Bonchev–Trinajstić information content (AvgIpc) is 2.55. The van der Waals surface area contributed by atoms with Gasteiger partial charge < -0.3 is 10.1 Å². The second-order valence-corrected chi connectivity index (χ2v) is 6.55. The summed E-state index contributed by atoms with van der Waals surface area (Å²) in [5.41, 5.74) is 4.42. The number of hydrogen-bond donors (Lipinski definition) is 1. The van der Waals surface area contributed by atoms with Gasteiger partial charge in [0.25, 0.3) is 0 Å². The molecule has 0 aromatic heterocycles. The van der Waals surface area contributed by atoms with Gasteiger partial charge in [-0.25, -0.2) is 0 Å². The van der Waals surface area contributed by atoms with Crippen molar-refractivity contribution in [2.75, 3.05) is 11.9 Å². The van der Waals surface area contributed by atoms with Crippen LogP contribution in [-0.4, -0.2) is 12.5 Å². The van der Waals surface area contributed by atoms with Gasteiger partial charge in [0.05, 0.1) is 6.61 Å². The number of amides is 1. The average molecular weight is 325 g/mol. The van der Waals surface area contributed by atoms with Crippen LogP contribution in [0.4, 0.5) is 5.69 Å². The smallest absolute Gasteiger partial charge is 0.224 e. The Bertz CT molecular complexity index is 675. The van der Waals surface area contributed by atoms with Crippen LogP contribution < -0.4 is 10.1 Å². The quantitative estimate of drug-likeness (QED) is 0.708. The topological polar surface area (TPSA) is 38.3 Å². The third-order valence-electron chi connectivity index (χ3n) is 4.01. The number of carbonyl (C=O) groups excluding carboxylic acids is 1. The summed E-state index contributed by atoms with van der Waals surface area (Å²) >= 11 is 0. The number of carbonyl (C=O) groups is 1. The van der Waals surface area contributed by atoms with Crippen molar-refractivity contribution < 1.29 is 9.53 Å². The van der Waals surface area contributed by atoms with Crippen LogP contribution in [0.3, 0.4) is 0 Å². The fraction of sp³-hybridized carbons (Fsp3) is 0.381. The molecule has 3 heteroatoms. The van der Waals surface area contributed by atoms with Crippen LogP contribution in [0.5, 0.6) is 5.75 Å². The third kappa shape index (κ3) is 5.41. The minimum Gasteiger partial charge on any atom is -0.493 e. The van der Waals surface area contributed by atoms with Crippen molar-refractivity contribution >= 4 is 11.6 Å². The van der Waals surface area contributed by atoms with Crippen molar-refractivity contribution in [1.29, 1.82) is 0 Å². The van der Waals surface area contributed by atoms with Crippen LogP contribution >= 0.6 is 0 Å². The Labute approximate surface area is 145 Å². The fourth-order valence-electron chi connectivity index (χ4n) is 2.45. The van der Waals surface area contributed by atoms with Crippen LogP contribution in [0.2, 0.25) is 0 Å². The van der Waals surface area contributed by atoms with Gasteiger partial charge >= 0.3 is 0 Å². The lowest BCUT2D eigenvalue weighted by molar-refractivity contribution is -0.116. The summed E-state index contributed by atoms with van der Waals surface area (Å²) < 4.78 is 5.78. The Kier molecular flexibility index (Phi) is 6.42. The number of hydrogen-bond acceptors (Lipinski definition) is 2. The summed E-state index contributed by atoms with van der Waals surface area (Å²) in [7, 11) is 0. The molecule has 0 heterocycles. The van der Waals surface area contributed by atoms with Gasteiger partial charge in [0, 0.05) is 12.1 Å². The molecule has 0 atom stereocenters. The Morgan fingerprint density at radius 3 is 2.46 bits per heavy atom. The van der Waals surface area contributed by atoms with Crippen molar-refractivity contribution in [1.82, 2.24) is 0 Å². The molecule has 24 heavy (non-hydrogen) atoms. The number of ether oxygens (including phenoxy) is 1. The second kappa shape index (κ2) is 8.53. The van der Waals surface area contributed by atoms with E-state index < -0.39 is 0 Å². The van der Waals surface area contributed by atoms with Crippen LogP contribution in [-0.2, 0) is 4.79 Å². The lowest BCUT2D eigenvalue weighted by Gasteiger charge is -2.10. The van der Waals surface area contributed by atoms with E-state index in [0.717, 1.165) is 17.0 Å². The summed E-state index contributed by atoms with van der Waals surface area (Å²) in [4.78, 5) is 12.0. The van der Waals surface area contributed by atoms with Crippen molar-refractivity contribution in [2.45, 2.75) is 46.5 Å². The summed E-state index contributed by atoms with van der Waals surface area (Å²) in [6.45, 7) is 8.93. The van der Waals surface area contributed by atoms with Gasteiger partial charge in [-0.05, 0) is 61.1 Å². The summed E-state index contributed by atoms with van der Waals surface area (Å²) in [6.07, 6.45) is 1.15. The fourth-order valence-corrected chi connectivity index (χ4v) is 2.45. The van der Waals surface area contributed by atoms with Crippen LogP contribution in [0.1, 0.15) is 49.3 Å². The predicted molar refractivity (Wildman–Crippen MR) is 99.8 cm³/mol. The molecule has 0 aliphatic carbocycles. The maximum Gasteiger partial charge on any atom is 0.224 e. The predicted octanol–water partition coefficient (Wildman–Crippen LogP) is 5.22.